The van der Waals surface area contributed by atoms with Crippen molar-refractivity contribution in [3.63, 3.8) is 0 Å². The molecule has 0 spiro atoms. The van der Waals surface area contributed by atoms with Crippen molar-refractivity contribution in [1.82, 2.24) is 0 Å². The van der Waals surface area contributed by atoms with E-state index in [1.54, 1.807) is 6.92 Å². The molecule has 0 saturated heterocycles. The lowest BCUT2D eigenvalue weighted by Crippen LogP contribution is -1.93. The Bertz CT molecular complexity index is 329. The number of oxime groups is 1. The predicted molar refractivity (Wildman–Crippen MR) is 45.3 cm³/mol. The highest BCUT2D eigenvalue weighted by Gasteiger charge is 2.07. The summed E-state index contributed by atoms with van der Waals surface area (Å²) in [7, 11) is 0. The summed E-state index contributed by atoms with van der Waals surface area (Å²) in [6, 6.07) is 1.47. The van der Waals surface area contributed by atoms with Crippen LogP contribution in [0.4, 0.5) is 0 Å². The third-order valence-electron chi connectivity index (χ3n) is 1.35. The summed E-state index contributed by atoms with van der Waals surface area (Å²) in [5.41, 5.74) is 0.644. The lowest BCUT2D eigenvalue weighted by molar-refractivity contribution is 0.0697. The highest BCUT2D eigenvalue weighted by atomic mass is 32.1. The van der Waals surface area contributed by atoms with Crippen LogP contribution in [0.5, 0.6) is 0 Å². The van der Waals surface area contributed by atoms with Crippen LogP contribution < -0.4 is 0 Å². The van der Waals surface area contributed by atoms with Gasteiger partial charge in [0.2, 0.25) is 0 Å². The number of carbonyl (C=O) groups is 1. The fourth-order valence-corrected chi connectivity index (χ4v) is 1.52. The van der Waals surface area contributed by atoms with Crippen molar-refractivity contribution >= 4 is 23.0 Å². The van der Waals surface area contributed by atoms with Crippen LogP contribution in [0.2, 0.25) is 0 Å². The predicted octanol–water partition coefficient (Wildman–Crippen LogP) is 1.64. The van der Waals surface area contributed by atoms with E-state index >= 15 is 0 Å². The Hall–Kier alpha value is -1.36. The molecule has 12 heavy (non-hydrogen) atoms. The number of carboxylic acids is 1. The number of aromatic carboxylic acids is 1. The highest BCUT2D eigenvalue weighted by molar-refractivity contribution is 7.12. The van der Waals surface area contributed by atoms with Gasteiger partial charge in [0, 0.05) is 5.38 Å². The van der Waals surface area contributed by atoms with E-state index in [0.717, 1.165) is 0 Å². The average molecular weight is 185 g/mol. The van der Waals surface area contributed by atoms with Crippen LogP contribution in [-0.4, -0.2) is 22.0 Å². The van der Waals surface area contributed by atoms with E-state index in [1.807, 2.05) is 0 Å². The normalized spacial score (nSPS) is 11.6. The molecule has 5 heteroatoms. The monoisotopic (exact) mass is 185 g/mol. The minimum Gasteiger partial charge on any atom is -0.478 e. The van der Waals surface area contributed by atoms with Gasteiger partial charge in [0.05, 0.1) is 16.2 Å². The van der Waals surface area contributed by atoms with Gasteiger partial charge in [-0.3, -0.25) is 0 Å². The Morgan fingerprint density at radius 1 is 1.67 bits per heavy atom. The largest absolute Gasteiger partial charge is 0.478 e. The van der Waals surface area contributed by atoms with Gasteiger partial charge >= 0.3 is 5.97 Å². The second kappa shape index (κ2) is 3.36. The molecule has 1 heterocycles. The number of nitrogens with zero attached hydrogens (tertiary/aromatic N) is 1. The fraction of sp³-hybridized carbons (Fsp3) is 0.143. The first-order chi connectivity index (χ1) is 5.65. The zero-order valence-electron chi connectivity index (χ0n) is 6.31. The van der Waals surface area contributed by atoms with Gasteiger partial charge in [-0.05, 0) is 13.0 Å². The van der Waals surface area contributed by atoms with Crippen molar-refractivity contribution in [3.05, 3.63) is 21.9 Å². The first-order valence-corrected chi connectivity index (χ1v) is 4.04. The second-order valence-electron chi connectivity index (χ2n) is 2.19. The van der Waals surface area contributed by atoms with Gasteiger partial charge in [0.25, 0.3) is 0 Å². The van der Waals surface area contributed by atoms with Gasteiger partial charge in [-0.1, -0.05) is 5.16 Å². The van der Waals surface area contributed by atoms with Gasteiger partial charge in [0.1, 0.15) is 0 Å². The van der Waals surface area contributed by atoms with Crippen LogP contribution in [0.1, 0.15) is 22.2 Å². The van der Waals surface area contributed by atoms with Crippen LogP contribution in [0.25, 0.3) is 0 Å². The SMILES string of the molecule is CC(=NO)c1cc(C(=O)O)cs1. The number of rotatable bonds is 2. The summed E-state index contributed by atoms with van der Waals surface area (Å²) < 4.78 is 0. The van der Waals surface area contributed by atoms with E-state index in [9.17, 15) is 4.79 Å². The Kier molecular flexibility index (Phi) is 2.44. The van der Waals surface area contributed by atoms with E-state index in [-0.39, 0.29) is 5.56 Å². The molecule has 0 bridgehead atoms. The molecule has 64 valence electrons. The molecule has 0 fully saturated rings. The van der Waals surface area contributed by atoms with Crippen molar-refractivity contribution in [2.45, 2.75) is 6.92 Å². The zero-order chi connectivity index (χ0) is 9.14. The molecule has 4 nitrogen and oxygen atoms in total. The topological polar surface area (TPSA) is 69.9 Å². The Labute approximate surface area is 72.8 Å². The summed E-state index contributed by atoms with van der Waals surface area (Å²) >= 11 is 1.24. The van der Waals surface area contributed by atoms with Gasteiger partial charge in [-0.25, -0.2) is 4.79 Å². The van der Waals surface area contributed by atoms with E-state index in [1.165, 1.54) is 22.8 Å². The van der Waals surface area contributed by atoms with Crippen molar-refractivity contribution < 1.29 is 15.1 Å². The number of hydrogen-bond acceptors (Lipinski definition) is 4. The molecule has 2 N–H and O–H groups in total. The lowest BCUT2D eigenvalue weighted by Gasteiger charge is -1.88. The molecule has 0 atom stereocenters. The molecule has 0 radical (unpaired) electrons. The molecule has 1 rings (SSSR count). The van der Waals surface area contributed by atoms with Crippen LogP contribution in [0.15, 0.2) is 16.6 Å². The minimum absolute atomic E-state index is 0.220. The zero-order valence-corrected chi connectivity index (χ0v) is 7.13. The van der Waals surface area contributed by atoms with Gasteiger partial charge in [0.15, 0.2) is 0 Å². The number of thiophene rings is 1. The van der Waals surface area contributed by atoms with Crippen LogP contribution in [0, 0.1) is 0 Å². The minimum atomic E-state index is -0.969. The van der Waals surface area contributed by atoms with Crippen LogP contribution in [-0.2, 0) is 0 Å². The maximum absolute atomic E-state index is 10.4. The van der Waals surface area contributed by atoms with Crippen molar-refractivity contribution in [2.75, 3.05) is 0 Å². The fourth-order valence-electron chi connectivity index (χ4n) is 0.687. The standard InChI is InChI=1S/C7H7NO3S/c1-4(8-11)6-2-5(3-12-6)7(9)10/h2-3,11H,1H3,(H,9,10). The molecule has 0 aliphatic heterocycles. The van der Waals surface area contributed by atoms with Crippen molar-refractivity contribution in [2.24, 2.45) is 5.16 Å². The molecular formula is C7H7NO3S. The van der Waals surface area contributed by atoms with E-state index in [4.69, 9.17) is 10.3 Å². The summed E-state index contributed by atoms with van der Waals surface area (Å²) in [5.74, 6) is -0.969. The summed E-state index contributed by atoms with van der Waals surface area (Å²) in [5, 5.41) is 21.4. The molecule has 0 amide bonds. The molecule has 0 aliphatic carbocycles. The molecule has 0 aromatic carbocycles. The average Bonchev–Trinajstić information content (AvgIpc) is 2.51. The third-order valence-corrected chi connectivity index (χ3v) is 2.39. The van der Waals surface area contributed by atoms with Gasteiger partial charge < -0.3 is 10.3 Å². The van der Waals surface area contributed by atoms with Crippen molar-refractivity contribution in [3.8, 4) is 0 Å². The summed E-state index contributed by atoms with van der Waals surface area (Å²) in [6.45, 7) is 1.61. The first-order valence-electron chi connectivity index (χ1n) is 3.16. The quantitative estimate of drug-likeness (QED) is 0.418. The molecular weight excluding hydrogens is 178 g/mol. The second-order valence-corrected chi connectivity index (χ2v) is 3.10. The lowest BCUT2D eigenvalue weighted by atomic mass is 10.3. The molecule has 1 aromatic heterocycles. The summed E-state index contributed by atoms with van der Waals surface area (Å²) in [6.07, 6.45) is 0. The van der Waals surface area contributed by atoms with E-state index in [0.29, 0.717) is 10.6 Å². The number of carboxylic acid groups (broad SMARTS) is 1. The first kappa shape index (κ1) is 8.73. The third kappa shape index (κ3) is 1.62. The van der Waals surface area contributed by atoms with Crippen molar-refractivity contribution in [1.29, 1.82) is 0 Å². The smallest absolute Gasteiger partial charge is 0.336 e. The molecule has 0 aliphatic rings. The molecule has 0 unspecified atom stereocenters. The maximum atomic E-state index is 10.4. The Morgan fingerprint density at radius 3 is 2.75 bits per heavy atom. The number of hydrogen-bond donors (Lipinski definition) is 2. The Balaban J connectivity index is 2.99. The van der Waals surface area contributed by atoms with E-state index < -0.39 is 5.97 Å². The maximum Gasteiger partial charge on any atom is 0.336 e. The van der Waals surface area contributed by atoms with E-state index in [2.05, 4.69) is 5.16 Å². The Morgan fingerprint density at radius 2 is 2.33 bits per heavy atom. The van der Waals surface area contributed by atoms with Gasteiger partial charge in [-0.2, -0.15) is 0 Å². The van der Waals surface area contributed by atoms with Gasteiger partial charge in [-0.15, -0.1) is 11.3 Å². The molecule has 1 aromatic rings. The van der Waals surface area contributed by atoms with Crippen LogP contribution in [0.3, 0.4) is 0 Å². The van der Waals surface area contributed by atoms with Crippen LogP contribution >= 0.6 is 11.3 Å². The highest BCUT2D eigenvalue weighted by Crippen LogP contribution is 2.15. The molecule has 0 saturated carbocycles. The summed E-state index contributed by atoms with van der Waals surface area (Å²) in [4.78, 5) is 11.1.